The lowest BCUT2D eigenvalue weighted by atomic mass is 9.45. The van der Waals surface area contributed by atoms with Crippen LogP contribution in [0.25, 0.3) is 0 Å². The number of fused-ring (bicyclic) bond motifs is 5. The first-order chi connectivity index (χ1) is 10.6. The molecule has 2 nitrogen and oxygen atoms in total. The summed E-state index contributed by atoms with van der Waals surface area (Å²) in [7, 11) is 0. The second-order valence-corrected chi connectivity index (χ2v) is 9.27. The monoisotopic (exact) mass is 304 g/mol. The van der Waals surface area contributed by atoms with Gasteiger partial charge in [-0.25, -0.2) is 0 Å². The fourth-order valence-corrected chi connectivity index (χ4v) is 7.70. The highest BCUT2D eigenvalue weighted by Crippen LogP contribution is 2.67. The standard InChI is InChI=1S/C20H32O2/c1-19-10-3-2-5-14(19)7-8-15-16(19)9-12-20(13-18(21)22)11-4-6-17(15)20/h14-17H,2-13H2,1H3,(H,21,22)/t14?,15-,16+,17+,19+,20+/m1/s1. The first kappa shape index (κ1) is 15.0. The van der Waals surface area contributed by atoms with Crippen LogP contribution in [0.1, 0.15) is 84.0 Å². The van der Waals surface area contributed by atoms with E-state index in [9.17, 15) is 9.90 Å². The van der Waals surface area contributed by atoms with Crippen LogP contribution >= 0.6 is 0 Å². The van der Waals surface area contributed by atoms with Crippen molar-refractivity contribution in [2.75, 3.05) is 0 Å². The van der Waals surface area contributed by atoms with Gasteiger partial charge in [0.05, 0.1) is 6.42 Å². The highest BCUT2D eigenvalue weighted by Gasteiger charge is 2.58. The first-order valence-electron chi connectivity index (χ1n) is 9.77. The fraction of sp³-hybridized carbons (Fsp3) is 0.950. The molecule has 0 amide bonds. The van der Waals surface area contributed by atoms with E-state index in [1.54, 1.807) is 0 Å². The number of aliphatic carboxylic acids is 1. The van der Waals surface area contributed by atoms with Gasteiger partial charge < -0.3 is 5.11 Å². The lowest BCUT2D eigenvalue weighted by Crippen LogP contribution is -2.52. The Labute approximate surface area is 135 Å². The second-order valence-electron chi connectivity index (χ2n) is 9.27. The largest absolute Gasteiger partial charge is 0.481 e. The summed E-state index contributed by atoms with van der Waals surface area (Å²) in [5.41, 5.74) is 0.754. The molecule has 0 heterocycles. The summed E-state index contributed by atoms with van der Waals surface area (Å²) in [6.45, 7) is 2.60. The number of rotatable bonds is 2. The van der Waals surface area contributed by atoms with Gasteiger partial charge >= 0.3 is 5.97 Å². The summed E-state index contributed by atoms with van der Waals surface area (Å²) in [5, 5.41) is 9.44. The maximum absolute atomic E-state index is 11.5. The molecule has 0 spiro atoms. The Morgan fingerprint density at radius 1 is 0.955 bits per heavy atom. The molecule has 0 aromatic heterocycles. The molecular formula is C20H32O2. The molecule has 4 fully saturated rings. The Morgan fingerprint density at radius 3 is 2.64 bits per heavy atom. The molecule has 4 aliphatic rings. The van der Waals surface area contributed by atoms with Gasteiger partial charge in [0.1, 0.15) is 0 Å². The summed E-state index contributed by atoms with van der Waals surface area (Å²) in [5.74, 6) is 2.88. The predicted octanol–water partition coefficient (Wildman–Crippen LogP) is 5.26. The van der Waals surface area contributed by atoms with E-state index in [4.69, 9.17) is 0 Å². The molecule has 4 saturated carbocycles. The molecule has 0 radical (unpaired) electrons. The molecule has 6 atom stereocenters. The van der Waals surface area contributed by atoms with Crippen molar-refractivity contribution >= 4 is 5.97 Å². The molecule has 0 aromatic carbocycles. The zero-order valence-corrected chi connectivity index (χ0v) is 14.2. The van der Waals surface area contributed by atoms with Gasteiger partial charge in [0, 0.05) is 0 Å². The van der Waals surface area contributed by atoms with E-state index in [0.29, 0.717) is 11.8 Å². The Kier molecular flexibility index (Phi) is 3.58. The van der Waals surface area contributed by atoms with Crippen LogP contribution in [-0.4, -0.2) is 11.1 Å². The lowest BCUT2D eigenvalue weighted by molar-refractivity contribution is -0.147. The zero-order valence-electron chi connectivity index (χ0n) is 14.2. The van der Waals surface area contributed by atoms with Crippen LogP contribution < -0.4 is 0 Å². The molecule has 0 bridgehead atoms. The Balaban J connectivity index is 1.62. The summed E-state index contributed by atoms with van der Waals surface area (Å²) >= 11 is 0. The van der Waals surface area contributed by atoms with Crippen molar-refractivity contribution in [3.05, 3.63) is 0 Å². The van der Waals surface area contributed by atoms with Gasteiger partial charge in [-0.15, -0.1) is 0 Å². The van der Waals surface area contributed by atoms with Crippen LogP contribution in [0.15, 0.2) is 0 Å². The minimum Gasteiger partial charge on any atom is -0.481 e. The zero-order chi connectivity index (χ0) is 15.4. The first-order valence-corrected chi connectivity index (χ1v) is 9.77. The lowest BCUT2D eigenvalue weighted by Gasteiger charge is -2.60. The van der Waals surface area contributed by atoms with Crippen molar-refractivity contribution in [2.45, 2.75) is 84.0 Å². The van der Waals surface area contributed by atoms with E-state index < -0.39 is 5.97 Å². The van der Waals surface area contributed by atoms with Crippen molar-refractivity contribution in [3.8, 4) is 0 Å². The van der Waals surface area contributed by atoms with Gasteiger partial charge in [-0.1, -0.05) is 26.2 Å². The van der Waals surface area contributed by atoms with E-state index in [0.717, 1.165) is 23.7 Å². The van der Waals surface area contributed by atoms with Crippen molar-refractivity contribution in [1.82, 2.24) is 0 Å². The molecule has 2 heteroatoms. The van der Waals surface area contributed by atoms with Crippen molar-refractivity contribution in [2.24, 2.45) is 34.5 Å². The highest BCUT2D eigenvalue weighted by atomic mass is 16.4. The number of carboxylic acid groups (broad SMARTS) is 1. The van der Waals surface area contributed by atoms with Crippen LogP contribution in [0.2, 0.25) is 0 Å². The maximum atomic E-state index is 11.5. The molecule has 124 valence electrons. The second kappa shape index (κ2) is 5.24. The molecule has 4 rings (SSSR count). The normalized spacial score (nSPS) is 50.8. The molecule has 0 saturated heterocycles. The quantitative estimate of drug-likeness (QED) is 0.755. The molecule has 4 aliphatic carbocycles. The minimum absolute atomic E-state index is 0.171. The van der Waals surface area contributed by atoms with E-state index in [2.05, 4.69) is 6.92 Å². The van der Waals surface area contributed by atoms with Crippen molar-refractivity contribution < 1.29 is 9.90 Å². The average molecular weight is 304 g/mol. The number of hydrogen-bond donors (Lipinski definition) is 1. The van der Waals surface area contributed by atoms with E-state index in [1.807, 2.05) is 0 Å². The Morgan fingerprint density at radius 2 is 1.82 bits per heavy atom. The van der Waals surface area contributed by atoms with Crippen molar-refractivity contribution in [3.63, 3.8) is 0 Å². The predicted molar refractivity (Wildman–Crippen MR) is 87.5 cm³/mol. The Hall–Kier alpha value is -0.530. The topological polar surface area (TPSA) is 37.3 Å². The molecule has 1 unspecified atom stereocenters. The van der Waals surface area contributed by atoms with Gasteiger partial charge in [-0.2, -0.15) is 0 Å². The van der Waals surface area contributed by atoms with Crippen LogP contribution in [0, 0.1) is 34.5 Å². The van der Waals surface area contributed by atoms with Gasteiger partial charge in [-0.05, 0) is 85.9 Å². The summed E-state index contributed by atoms with van der Waals surface area (Å²) < 4.78 is 0. The number of carboxylic acids is 1. The third-order valence-electron chi connectivity index (χ3n) is 8.61. The van der Waals surface area contributed by atoms with Crippen LogP contribution in [0.4, 0.5) is 0 Å². The molecule has 0 aromatic rings. The minimum atomic E-state index is -0.553. The van der Waals surface area contributed by atoms with Crippen molar-refractivity contribution in [1.29, 1.82) is 0 Å². The molecule has 22 heavy (non-hydrogen) atoms. The van der Waals surface area contributed by atoms with E-state index in [1.165, 1.54) is 70.6 Å². The summed E-state index contributed by atoms with van der Waals surface area (Å²) in [6, 6.07) is 0. The van der Waals surface area contributed by atoms with Gasteiger partial charge in [-0.3, -0.25) is 4.79 Å². The summed E-state index contributed by atoms with van der Waals surface area (Å²) in [4.78, 5) is 11.5. The molecular weight excluding hydrogens is 272 g/mol. The number of hydrogen-bond acceptors (Lipinski definition) is 1. The van der Waals surface area contributed by atoms with Gasteiger partial charge in [0.2, 0.25) is 0 Å². The average Bonchev–Trinajstić information content (AvgIpc) is 2.89. The van der Waals surface area contributed by atoms with Crippen LogP contribution in [0.3, 0.4) is 0 Å². The fourth-order valence-electron chi connectivity index (χ4n) is 7.70. The molecule has 1 N–H and O–H groups in total. The Bertz CT molecular complexity index is 459. The van der Waals surface area contributed by atoms with E-state index >= 15 is 0 Å². The molecule has 0 aliphatic heterocycles. The third-order valence-corrected chi connectivity index (χ3v) is 8.61. The van der Waals surface area contributed by atoms with Crippen LogP contribution in [-0.2, 0) is 4.79 Å². The SMILES string of the molecule is C[C@]12CCCCC1CC[C@H]1[C@@H]3CCC[C@@]3(CC(=O)O)CC[C@@H]12. The summed E-state index contributed by atoms with van der Waals surface area (Å²) in [6.07, 6.45) is 15.4. The van der Waals surface area contributed by atoms with Gasteiger partial charge in [0.25, 0.3) is 0 Å². The van der Waals surface area contributed by atoms with E-state index in [-0.39, 0.29) is 5.41 Å². The maximum Gasteiger partial charge on any atom is 0.303 e. The highest BCUT2D eigenvalue weighted by molar-refractivity contribution is 5.68. The number of carbonyl (C=O) groups is 1. The van der Waals surface area contributed by atoms with Crippen LogP contribution in [0.5, 0.6) is 0 Å². The smallest absolute Gasteiger partial charge is 0.303 e. The third kappa shape index (κ3) is 2.08. The van der Waals surface area contributed by atoms with Gasteiger partial charge in [0.15, 0.2) is 0 Å².